The summed E-state index contributed by atoms with van der Waals surface area (Å²) in [4.78, 5) is 14.4. The molecule has 0 saturated carbocycles. The Morgan fingerprint density at radius 2 is 2.00 bits per heavy atom. The van der Waals surface area contributed by atoms with Crippen molar-refractivity contribution in [3.63, 3.8) is 0 Å². The molecule has 112 valence electrons. The quantitative estimate of drug-likeness (QED) is 0.866. The zero-order valence-corrected chi connectivity index (χ0v) is 12.7. The van der Waals surface area contributed by atoms with Crippen LogP contribution in [0.4, 0.5) is 0 Å². The van der Waals surface area contributed by atoms with Gasteiger partial charge < -0.3 is 9.84 Å². The van der Waals surface area contributed by atoms with Crippen molar-refractivity contribution in [1.29, 1.82) is 0 Å². The van der Waals surface area contributed by atoms with Gasteiger partial charge in [-0.1, -0.05) is 36.4 Å². The number of rotatable bonds is 4. The van der Waals surface area contributed by atoms with E-state index in [0.29, 0.717) is 11.3 Å². The van der Waals surface area contributed by atoms with E-state index in [1.54, 1.807) is 20.8 Å². The minimum atomic E-state index is -0.833. The van der Waals surface area contributed by atoms with Gasteiger partial charge in [0.1, 0.15) is 5.76 Å². The molecular weight excluding hydrogens is 266 g/mol. The Balaban J connectivity index is 2.41. The summed E-state index contributed by atoms with van der Waals surface area (Å²) in [5.41, 5.74) is 0.555. The molecule has 0 saturated heterocycles. The Hall–Kier alpha value is -2.07. The first-order chi connectivity index (χ1) is 9.89. The van der Waals surface area contributed by atoms with E-state index in [4.69, 9.17) is 4.74 Å². The predicted octanol–water partition coefficient (Wildman–Crippen LogP) is 2.56. The number of hydrogen-bond acceptors (Lipinski definition) is 3. The topological polar surface area (TPSA) is 49.8 Å². The van der Waals surface area contributed by atoms with Gasteiger partial charge in [0.25, 0.3) is 5.91 Å². The van der Waals surface area contributed by atoms with Crippen molar-refractivity contribution >= 4 is 11.5 Å². The Kier molecular flexibility index (Phi) is 4.19. The van der Waals surface area contributed by atoms with Gasteiger partial charge in [-0.05, 0) is 26.3 Å². The van der Waals surface area contributed by atoms with Crippen LogP contribution < -0.4 is 0 Å². The molecule has 0 aliphatic carbocycles. The normalized spacial score (nSPS) is 17.5. The van der Waals surface area contributed by atoms with Crippen LogP contribution in [0.1, 0.15) is 26.3 Å². The van der Waals surface area contributed by atoms with Gasteiger partial charge in [0.15, 0.2) is 6.73 Å². The van der Waals surface area contributed by atoms with Crippen LogP contribution in [0.25, 0.3) is 5.57 Å². The predicted molar refractivity (Wildman–Crippen MR) is 82.1 cm³/mol. The number of allylic oxidation sites excluding steroid dienone is 1. The van der Waals surface area contributed by atoms with Crippen molar-refractivity contribution < 1.29 is 14.6 Å². The van der Waals surface area contributed by atoms with Gasteiger partial charge in [-0.3, -0.25) is 9.69 Å². The Morgan fingerprint density at radius 3 is 2.57 bits per heavy atom. The largest absolute Gasteiger partial charge is 0.477 e. The summed E-state index contributed by atoms with van der Waals surface area (Å²) in [5.74, 6) is 0.460. The van der Waals surface area contributed by atoms with Crippen LogP contribution in [0.15, 0.2) is 48.7 Å². The molecule has 0 bridgehead atoms. The maximum absolute atomic E-state index is 12.8. The van der Waals surface area contributed by atoms with Gasteiger partial charge in [0, 0.05) is 0 Å². The third-order valence-electron chi connectivity index (χ3n) is 3.93. The molecular formula is C17H21NO3. The summed E-state index contributed by atoms with van der Waals surface area (Å²) in [7, 11) is 0. The smallest absolute Gasteiger partial charge is 0.261 e. The zero-order chi connectivity index (χ0) is 15.6. The SMILES string of the molecule is C=CC(O)C(C)(C)N1COC(C)=C(c2ccccc2)C1=O. The summed E-state index contributed by atoms with van der Waals surface area (Å²) in [6, 6.07) is 9.41. The number of nitrogens with zero attached hydrogens (tertiary/aromatic N) is 1. The van der Waals surface area contributed by atoms with Crippen LogP contribution in [0.2, 0.25) is 0 Å². The van der Waals surface area contributed by atoms with Crippen LogP contribution in [0.5, 0.6) is 0 Å². The van der Waals surface area contributed by atoms with Crippen molar-refractivity contribution in [2.75, 3.05) is 6.73 Å². The highest BCUT2D eigenvalue weighted by molar-refractivity contribution is 6.20. The van der Waals surface area contributed by atoms with E-state index in [9.17, 15) is 9.90 Å². The molecule has 4 heteroatoms. The lowest BCUT2D eigenvalue weighted by Crippen LogP contribution is -2.56. The van der Waals surface area contributed by atoms with Crippen LogP contribution in [-0.4, -0.2) is 34.3 Å². The summed E-state index contributed by atoms with van der Waals surface area (Å²) < 4.78 is 5.65. The molecule has 1 unspecified atom stereocenters. The highest BCUT2D eigenvalue weighted by Gasteiger charge is 2.40. The van der Waals surface area contributed by atoms with Crippen LogP contribution >= 0.6 is 0 Å². The van der Waals surface area contributed by atoms with Crippen molar-refractivity contribution in [2.45, 2.75) is 32.4 Å². The monoisotopic (exact) mass is 287 g/mol. The summed E-state index contributed by atoms with van der Waals surface area (Å²) in [6.45, 7) is 9.10. The second-order valence-corrected chi connectivity index (χ2v) is 5.64. The molecule has 0 spiro atoms. The van der Waals surface area contributed by atoms with Crippen molar-refractivity contribution in [2.24, 2.45) is 0 Å². The maximum Gasteiger partial charge on any atom is 0.261 e. The fourth-order valence-corrected chi connectivity index (χ4v) is 2.39. The Labute approximate surface area is 125 Å². The number of ether oxygens (including phenoxy) is 1. The van der Waals surface area contributed by atoms with E-state index in [-0.39, 0.29) is 12.6 Å². The molecule has 1 aliphatic rings. The molecule has 0 fully saturated rings. The number of aliphatic hydroxyl groups excluding tert-OH is 1. The van der Waals surface area contributed by atoms with Crippen molar-refractivity contribution in [3.05, 3.63) is 54.3 Å². The van der Waals surface area contributed by atoms with Gasteiger partial charge >= 0.3 is 0 Å². The number of hydrogen-bond donors (Lipinski definition) is 1. The molecule has 21 heavy (non-hydrogen) atoms. The number of aliphatic hydroxyl groups is 1. The van der Waals surface area contributed by atoms with Crippen LogP contribution in [0, 0.1) is 0 Å². The van der Waals surface area contributed by atoms with E-state index in [1.165, 1.54) is 11.0 Å². The highest BCUT2D eigenvalue weighted by atomic mass is 16.5. The standard InChI is InChI=1S/C17H21NO3/c1-5-14(19)17(3,4)18-11-21-12(2)15(16(18)20)13-9-7-6-8-10-13/h5-10,14,19H,1,11H2,2-4H3. The molecule has 0 aromatic heterocycles. The van der Waals surface area contributed by atoms with Gasteiger partial charge in [0.05, 0.1) is 17.2 Å². The molecule has 1 aromatic carbocycles. The second-order valence-electron chi connectivity index (χ2n) is 5.64. The summed E-state index contributed by atoms with van der Waals surface area (Å²) >= 11 is 0. The van der Waals surface area contributed by atoms with Gasteiger partial charge in [-0.2, -0.15) is 0 Å². The van der Waals surface area contributed by atoms with E-state index in [0.717, 1.165) is 5.56 Å². The molecule has 1 N–H and O–H groups in total. The van der Waals surface area contributed by atoms with E-state index in [2.05, 4.69) is 6.58 Å². The highest BCUT2D eigenvalue weighted by Crippen LogP contribution is 2.31. The number of benzene rings is 1. The Morgan fingerprint density at radius 1 is 1.38 bits per heavy atom. The first kappa shape index (κ1) is 15.3. The van der Waals surface area contributed by atoms with E-state index < -0.39 is 11.6 Å². The average molecular weight is 287 g/mol. The third-order valence-corrected chi connectivity index (χ3v) is 3.93. The number of carbonyl (C=O) groups is 1. The first-order valence-corrected chi connectivity index (χ1v) is 6.91. The van der Waals surface area contributed by atoms with Gasteiger partial charge in [-0.15, -0.1) is 6.58 Å². The van der Waals surface area contributed by atoms with Gasteiger partial charge in [-0.25, -0.2) is 0 Å². The van der Waals surface area contributed by atoms with E-state index >= 15 is 0 Å². The van der Waals surface area contributed by atoms with Crippen LogP contribution in [-0.2, 0) is 9.53 Å². The maximum atomic E-state index is 12.8. The zero-order valence-electron chi connectivity index (χ0n) is 12.7. The number of carbonyl (C=O) groups excluding carboxylic acids is 1. The first-order valence-electron chi connectivity index (χ1n) is 6.91. The molecule has 2 rings (SSSR count). The minimum Gasteiger partial charge on any atom is -0.477 e. The molecule has 1 aliphatic heterocycles. The average Bonchev–Trinajstić information content (AvgIpc) is 2.47. The lowest BCUT2D eigenvalue weighted by Gasteiger charge is -2.43. The lowest BCUT2D eigenvalue weighted by molar-refractivity contribution is -0.143. The summed E-state index contributed by atoms with van der Waals surface area (Å²) in [6.07, 6.45) is 0.598. The van der Waals surface area contributed by atoms with Crippen LogP contribution in [0.3, 0.4) is 0 Å². The lowest BCUT2D eigenvalue weighted by atomic mass is 9.92. The second kappa shape index (κ2) is 5.74. The molecule has 1 heterocycles. The molecule has 1 atom stereocenters. The molecule has 1 aromatic rings. The molecule has 0 radical (unpaired) electrons. The third kappa shape index (κ3) is 2.72. The molecule has 4 nitrogen and oxygen atoms in total. The van der Waals surface area contributed by atoms with Crippen molar-refractivity contribution in [1.82, 2.24) is 4.90 Å². The Bertz CT molecular complexity index is 575. The summed E-state index contributed by atoms with van der Waals surface area (Å²) in [5, 5.41) is 10.1. The van der Waals surface area contributed by atoms with Gasteiger partial charge in [0.2, 0.25) is 0 Å². The van der Waals surface area contributed by atoms with Crippen molar-refractivity contribution in [3.8, 4) is 0 Å². The van der Waals surface area contributed by atoms with E-state index in [1.807, 2.05) is 30.3 Å². The number of amides is 1. The fourth-order valence-electron chi connectivity index (χ4n) is 2.39. The molecule has 1 amide bonds. The fraction of sp³-hybridized carbons (Fsp3) is 0.353. The minimum absolute atomic E-state index is 0.124.